The Hall–Kier alpha value is -2.82. The molecule has 5 heteroatoms. The minimum absolute atomic E-state index is 0.0374. The maximum absolute atomic E-state index is 12.7. The Bertz CT molecular complexity index is 829. The van der Waals surface area contributed by atoms with E-state index in [0.29, 0.717) is 12.5 Å². The number of nitrogens with zero attached hydrogens (tertiary/aromatic N) is 1. The average molecular weight is 380 g/mol. The number of para-hydroxylation sites is 1. The minimum atomic E-state index is -0.648. The van der Waals surface area contributed by atoms with Gasteiger partial charge in [-0.3, -0.25) is 4.79 Å². The second-order valence-corrected chi connectivity index (χ2v) is 8.19. The van der Waals surface area contributed by atoms with Crippen LogP contribution in [0, 0.1) is 0 Å². The Morgan fingerprint density at radius 1 is 1.14 bits per heavy atom. The van der Waals surface area contributed by atoms with E-state index in [0.717, 1.165) is 11.4 Å². The van der Waals surface area contributed by atoms with Crippen LogP contribution in [0.3, 0.4) is 0 Å². The first kappa shape index (κ1) is 19.9. The lowest BCUT2D eigenvalue weighted by molar-refractivity contribution is -0.163. The molecule has 1 heterocycles. The van der Waals surface area contributed by atoms with Crippen LogP contribution in [0.1, 0.15) is 45.6 Å². The van der Waals surface area contributed by atoms with Crippen molar-refractivity contribution in [1.82, 2.24) is 0 Å². The van der Waals surface area contributed by atoms with Gasteiger partial charge in [-0.1, -0.05) is 44.2 Å². The van der Waals surface area contributed by atoms with Crippen LogP contribution in [-0.2, 0) is 14.3 Å². The standard InChI is InChI=1S/C23H28N2O3/c1-16(2)17-10-12-18(13-11-17)24-21(26)14-20-22(27)28-23(3,4)15-25(20)19-8-6-5-7-9-19/h5-13,16,20H,14-15H2,1-4H3,(H,24,26). The van der Waals surface area contributed by atoms with Gasteiger partial charge < -0.3 is 15.0 Å². The number of amides is 1. The molecule has 0 bridgehead atoms. The van der Waals surface area contributed by atoms with E-state index < -0.39 is 11.6 Å². The molecule has 0 saturated carbocycles. The third-order valence-corrected chi connectivity index (χ3v) is 4.90. The van der Waals surface area contributed by atoms with Crippen LogP contribution in [0.15, 0.2) is 54.6 Å². The highest BCUT2D eigenvalue weighted by molar-refractivity contribution is 5.96. The largest absolute Gasteiger partial charge is 0.456 e. The number of cyclic esters (lactones) is 1. The quantitative estimate of drug-likeness (QED) is 0.784. The smallest absolute Gasteiger partial charge is 0.329 e. The molecule has 2 aromatic rings. The van der Waals surface area contributed by atoms with E-state index in [1.165, 1.54) is 5.56 Å². The number of anilines is 2. The lowest BCUT2D eigenvalue weighted by Gasteiger charge is -2.43. The number of carbonyl (C=O) groups is 2. The summed E-state index contributed by atoms with van der Waals surface area (Å²) >= 11 is 0. The van der Waals surface area contributed by atoms with Crippen LogP contribution < -0.4 is 10.2 Å². The van der Waals surface area contributed by atoms with Gasteiger partial charge >= 0.3 is 5.97 Å². The number of carbonyl (C=O) groups excluding carboxylic acids is 2. The lowest BCUT2D eigenvalue weighted by Crippen LogP contribution is -2.58. The molecule has 1 aliphatic heterocycles. The third kappa shape index (κ3) is 4.71. The van der Waals surface area contributed by atoms with Crippen molar-refractivity contribution in [3.63, 3.8) is 0 Å². The van der Waals surface area contributed by atoms with Crippen LogP contribution in [-0.4, -0.2) is 30.1 Å². The van der Waals surface area contributed by atoms with E-state index in [1.807, 2.05) is 73.3 Å². The van der Waals surface area contributed by atoms with Gasteiger partial charge in [-0.25, -0.2) is 4.79 Å². The molecule has 0 spiro atoms. The number of ether oxygens (including phenoxy) is 1. The van der Waals surface area contributed by atoms with Gasteiger partial charge in [-0.15, -0.1) is 0 Å². The van der Waals surface area contributed by atoms with E-state index in [-0.39, 0.29) is 18.3 Å². The van der Waals surface area contributed by atoms with Gasteiger partial charge in [0.25, 0.3) is 0 Å². The lowest BCUT2D eigenvalue weighted by atomic mass is 10.0. The summed E-state index contributed by atoms with van der Waals surface area (Å²) in [7, 11) is 0. The molecule has 148 valence electrons. The van der Waals surface area contributed by atoms with Crippen LogP contribution >= 0.6 is 0 Å². The Labute approximate surface area is 166 Å². The first-order valence-corrected chi connectivity index (χ1v) is 9.69. The predicted octanol–water partition coefficient (Wildman–Crippen LogP) is 4.35. The van der Waals surface area contributed by atoms with E-state index in [4.69, 9.17) is 4.74 Å². The molecule has 1 fully saturated rings. The first-order valence-electron chi connectivity index (χ1n) is 9.69. The molecule has 3 rings (SSSR count). The summed E-state index contributed by atoms with van der Waals surface area (Å²) in [6, 6.07) is 16.8. The van der Waals surface area contributed by atoms with Crippen molar-refractivity contribution in [1.29, 1.82) is 0 Å². The monoisotopic (exact) mass is 380 g/mol. The van der Waals surface area contributed by atoms with E-state index >= 15 is 0 Å². The highest BCUT2D eigenvalue weighted by atomic mass is 16.6. The number of nitrogens with one attached hydrogen (secondary N) is 1. The Morgan fingerprint density at radius 3 is 2.39 bits per heavy atom. The van der Waals surface area contributed by atoms with Gasteiger partial charge in [0.1, 0.15) is 11.6 Å². The number of rotatable bonds is 5. The molecule has 1 amide bonds. The van der Waals surface area contributed by atoms with Crippen LogP contribution in [0.25, 0.3) is 0 Å². The van der Waals surface area contributed by atoms with Crippen molar-refractivity contribution < 1.29 is 14.3 Å². The predicted molar refractivity (Wildman–Crippen MR) is 112 cm³/mol. The molecule has 0 aliphatic carbocycles. The molecular weight excluding hydrogens is 352 g/mol. The number of hydrogen-bond acceptors (Lipinski definition) is 4. The molecule has 1 aliphatic rings. The molecule has 2 aromatic carbocycles. The van der Waals surface area contributed by atoms with E-state index in [1.54, 1.807) is 0 Å². The number of benzene rings is 2. The highest BCUT2D eigenvalue weighted by Gasteiger charge is 2.41. The Balaban J connectivity index is 1.74. The van der Waals surface area contributed by atoms with E-state index in [9.17, 15) is 9.59 Å². The normalized spacial score (nSPS) is 18.7. The Kier molecular flexibility index (Phi) is 5.73. The second kappa shape index (κ2) is 8.05. The molecular formula is C23H28N2O3. The fourth-order valence-corrected chi connectivity index (χ4v) is 3.44. The highest BCUT2D eigenvalue weighted by Crippen LogP contribution is 2.29. The summed E-state index contributed by atoms with van der Waals surface area (Å²) in [4.78, 5) is 27.3. The zero-order valence-electron chi connectivity index (χ0n) is 16.9. The summed E-state index contributed by atoms with van der Waals surface area (Å²) < 4.78 is 5.57. The van der Waals surface area contributed by atoms with Gasteiger partial charge in [-0.05, 0) is 49.6 Å². The van der Waals surface area contributed by atoms with Gasteiger partial charge in [0.05, 0.1) is 13.0 Å². The molecule has 1 unspecified atom stereocenters. The van der Waals surface area contributed by atoms with Crippen molar-refractivity contribution in [2.24, 2.45) is 0 Å². The summed E-state index contributed by atoms with van der Waals surface area (Å²) in [5.74, 6) is -0.144. The first-order chi connectivity index (χ1) is 13.2. The molecule has 0 radical (unpaired) electrons. The molecule has 1 atom stereocenters. The fourth-order valence-electron chi connectivity index (χ4n) is 3.44. The summed E-state index contributed by atoms with van der Waals surface area (Å²) in [6.07, 6.45) is 0.0374. The number of morpholine rings is 1. The Morgan fingerprint density at radius 2 is 1.79 bits per heavy atom. The van der Waals surface area contributed by atoms with Crippen molar-refractivity contribution >= 4 is 23.3 Å². The van der Waals surface area contributed by atoms with Crippen molar-refractivity contribution in [3.05, 3.63) is 60.2 Å². The van der Waals surface area contributed by atoms with E-state index in [2.05, 4.69) is 19.2 Å². The van der Waals surface area contributed by atoms with Gasteiger partial charge in [0.15, 0.2) is 0 Å². The fraction of sp³-hybridized carbons (Fsp3) is 0.391. The molecule has 5 nitrogen and oxygen atoms in total. The average Bonchev–Trinajstić information content (AvgIpc) is 2.64. The van der Waals surface area contributed by atoms with Crippen LogP contribution in [0.4, 0.5) is 11.4 Å². The summed E-state index contributed by atoms with van der Waals surface area (Å²) in [5, 5.41) is 2.90. The maximum Gasteiger partial charge on any atom is 0.329 e. The minimum Gasteiger partial charge on any atom is -0.456 e. The van der Waals surface area contributed by atoms with Crippen molar-refractivity contribution in [2.45, 2.75) is 51.7 Å². The third-order valence-electron chi connectivity index (χ3n) is 4.90. The van der Waals surface area contributed by atoms with Crippen LogP contribution in [0.5, 0.6) is 0 Å². The summed E-state index contributed by atoms with van der Waals surface area (Å²) in [5.41, 5.74) is 2.25. The number of esters is 1. The van der Waals surface area contributed by atoms with Gasteiger partial charge in [0.2, 0.25) is 5.91 Å². The second-order valence-electron chi connectivity index (χ2n) is 8.19. The zero-order valence-corrected chi connectivity index (χ0v) is 16.9. The topological polar surface area (TPSA) is 58.6 Å². The summed E-state index contributed by atoms with van der Waals surface area (Å²) in [6.45, 7) is 8.55. The number of hydrogen-bond donors (Lipinski definition) is 1. The maximum atomic E-state index is 12.7. The van der Waals surface area contributed by atoms with Gasteiger partial charge in [-0.2, -0.15) is 0 Å². The zero-order chi connectivity index (χ0) is 20.3. The SMILES string of the molecule is CC(C)c1ccc(NC(=O)CC2C(=O)OC(C)(C)CN2c2ccccc2)cc1. The molecule has 0 aromatic heterocycles. The van der Waals surface area contributed by atoms with Crippen LogP contribution in [0.2, 0.25) is 0 Å². The van der Waals surface area contributed by atoms with Crippen molar-refractivity contribution in [3.8, 4) is 0 Å². The molecule has 1 saturated heterocycles. The van der Waals surface area contributed by atoms with Gasteiger partial charge in [0, 0.05) is 11.4 Å². The molecule has 1 N–H and O–H groups in total. The van der Waals surface area contributed by atoms with Crippen molar-refractivity contribution in [2.75, 3.05) is 16.8 Å². The molecule has 28 heavy (non-hydrogen) atoms.